The average Bonchev–Trinajstić information content (AvgIpc) is 2.83. The molecule has 1 aliphatic rings. The zero-order valence-corrected chi connectivity index (χ0v) is 12.6. The van der Waals surface area contributed by atoms with E-state index in [0.29, 0.717) is 0 Å². The number of likely N-dealkylation sites (N-methyl/N-ethyl adjacent to an activating group) is 1. The highest BCUT2D eigenvalue weighted by atomic mass is 16.2. The molecule has 1 aromatic carbocycles. The van der Waals surface area contributed by atoms with E-state index in [2.05, 4.69) is 27.8 Å². The van der Waals surface area contributed by atoms with Gasteiger partial charge in [0.15, 0.2) is 0 Å². The van der Waals surface area contributed by atoms with E-state index in [1.807, 2.05) is 41.1 Å². The van der Waals surface area contributed by atoms with Crippen LogP contribution in [0.25, 0.3) is 11.4 Å². The molecule has 4 nitrogen and oxygen atoms in total. The van der Waals surface area contributed by atoms with E-state index in [-0.39, 0.29) is 5.91 Å². The number of amides is 1. The Kier molecular flexibility index (Phi) is 2.55. The molecule has 20 heavy (non-hydrogen) atoms. The quantitative estimate of drug-likeness (QED) is 0.798. The molecular formula is C16H19N3O. The van der Waals surface area contributed by atoms with E-state index in [0.717, 1.165) is 28.3 Å². The van der Waals surface area contributed by atoms with Crippen LogP contribution in [0.4, 0.5) is 5.69 Å². The molecule has 0 saturated carbocycles. The largest absolute Gasteiger partial charge is 0.331 e. The molecule has 0 bridgehead atoms. The Morgan fingerprint density at radius 2 is 1.90 bits per heavy atom. The minimum atomic E-state index is -0.444. The van der Waals surface area contributed by atoms with Crippen molar-refractivity contribution < 1.29 is 4.79 Å². The fourth-order valence-electron chi connectivity index (χ4n) is 2.88. The molecule has 0 spiro atoms. The lowest BCUT2D eigenvalue weighted by molar-refractivity contribution is -0.121. The number of rotatable bonds is 1. The van der Waals surface area contributed by atoms with Crippen molar-refractivity contribution in [3.63, 3.8) is 0 Å². The second kappa shape index (κ2) is 3.95. The minimum absolute atomic E-state index is 0.140. The number of carbonyl (C=O) groups is 1. The van der Waals surface area contributed by atoms with Gasteiger partial charge in [-0.1, -0.05) is 12.1 Å². The van der Waals surface area contributed by atoms with Crippen molar-refractivity contribution in [2.24, 2.45) is 7.05 Å². The predicted octanol–water partition coefficient (Wildman–Crippen LogP) is 2.65. The van der Waals surface area contributed by atoms with Crippen LogP contribution < -0.4 is 4.90 Å². The number of fused-ring (bicyclic) bond motifs is 1. The SMILES string of the molecule is Cc1cnc(-c2ccc3c(c2)N(C)C(=O)C3(C)C)n1C. The number of nitrogens with zero attached hydrogens (tertiary/aromatic N) is 3. The number of carbonyl (C=O) groups excluding carboxylic acids is 1. The second-order valence-electron chi connectivity index (χ2n) is 6.00. The molecule has 0 aliphatic carbocycles. The number of aryl methyl sites for hydroxylation is 1. The molecule has 0 atom stereocenters. The maximum Gasteiger partial charge on any atom is 0.236 e. The molecule has 1 amide bonds. The summed E-state index contributed by atoms with van der Waals surface area (Å²) in [6, 6.07) is 6.16. The number of anilines is 1. The smallest absolute Gasteiger partial charge is 0.236 e. The summed E-state index contributed by atoms with van der Waals surface area (Å²) < 4.78 is 2.06. The van der Waals surface area contributed by atoms with Crippen molar-refractivity contribution in [2.75, 3.05) is 11.9 Å². The Hall–Kier alpha value is -2.10. The number of imidazole rings is 1. The molecule has 4 heteroatoms. The Labute approximate surface area is 119 Å². The highest BCUT2D eigenvalue weighted by Gasteiger charge is 2.42. The Morgan fingerprint density at radius 1 is 1.20 bits per heavy atom. The summed E-state index contributed by atoms with van der Waals surface area (Å²) in [7, 11) is 3.84. The Balaban J connectivity index is 2.17. The summed E-state index contributed by atoms with van der Waals surface area (Å²) in [5.41, 5.74) is 3.78. The molecule has 0 saturated heterocycles. The first-order valence-corrected chi connectivity index (χ1v) is 6.75. The van der Waals surface area contributed by atoms with Gasteiger partial charge in [-0.3, -0.25) is 4.79 Å². The number of benzene rings is 1. The van der Waals surface area contributed by atoms with Crippen LogP contribution in [0.15, 0.2) is 24.4 Å². The molecule has 104 valence electrons. The lowest BCUT2D eigenvalue weighted by atomic mass is 9.86. The molecule has 1 aliphatic heterocycles. The summed E-state index contributed by atoms with van der Waals surface area (Å²) in [6.45, 7) is 5.98. The Morgan fingerprint density at radius 3 is 2.50 bits per heavy atom. The van der Waals surface area contributed by atoms with E-state index in [4.69, 9.17) is 0 Å². The van der Waals surface area contributed by atoms with Crippen molar-refractivity contribution in [1.29, 1.82) is 0 Å². The van der Waals surface area contributed by atoms with Crippen LogP contribution in [-0.2, 0) is 17.3 Å². The third-order valence-corrected chi connectivity index (χ3v) is 4.35. The van der Waals surface area contributed by atoms with Crippen molar-refractivity contribution in [3.05, 3.63) is 35.7 Å². The molecule has 0 fully saturated rings. The number of aromatic nitrogens is 2. The van der Waals surface area contributed by atoms with Gasteiger partial charge in [-0.2, -0.15) is 0 Å². The van der Waals surface area contributed by atoms with E-state index >= 15 is 0 Å². The number of hydrogen-bond acceptors (Lipinski definition) is 2. The van der Waals surface area contributed by atoms with Gasteiger partial charge in [0.05, 0.1) is 5.41 Å². The lowest BCUT2D eigenvalue weighted by Gasteiger charge is -2.16. The molecule has 0 unspecified atom stereocenters. The van der Waals surface area contributed by atoms with E-state index in [1.165, 1.54) is 0 Å². The predicted molar refractivity (Wildman–Crippen MR) is 79.8 cm³/mol. The molecule has 0 radical (unpaired) electrons. The van der Waals surface area contributed by atoms with Crippen LogP contribution in [0, 0.1) is 6.92 Å². The summed E-state index contributed by atoms with van der Waals surface area (Å²) in [5.74, 6) is 1.07. The monoisotopic (exact) mass is 269 g/mol. The van der Waals surface area contributed by atoms with Gasteiger partial charge in [0, 0.05) is 37.2 Å². The van der Waals surface area contributed by atoms with Crippen molar-refractivity contribution in [3.8, 4) is 11.4 Å². The fraction of sp³-hybridized carbons (Fsp3) is 0.375. The molecule has 2 aromatic rings. The van der Waals surface area contributed by atoms with Gasteiger partial charge in [-0.15, -0.1) is 0 Å². The van der Waals surface area contributed by atoms with E-state index < -0.39 is 5.41 Å². The van der Waals surface area contributed by atoms with Crippen LogP contribution in [-0.4, -0.2) is 22.5 Å². The van der Waals surface area contributed by atoms with Gasteiger partial charge in [0.1, 0.15) is 5.82 Å². The van der Waals surface area contributed by atoms with Gasteiger partial charge >= 0.3 is 0 Å². The summed E-state index contributed by atoms with van der Waals surface area (Å²) in [5, 5.41) is 0. The third-order valence-electron chi connectivity index (χ3n) is 4.35. The zero-order chi connectivity index (χ0) is 14.7. The van der Waals surface area contributed by atoms with Gasteiger partial charge in [-0.25, -0.2) is 4.98 Å². The number of hydrogen-bond donors (Lipinski definition) is 0. The Bertz CT molecular complexity index is 713. The van der Waals surface area contributed by atoms with E-state index in [1.54, 1.807) is 4.90 Å². The second-order valence-corrected chi connectivity index (χ2v) is 6.00. The molecule has 1 aromatic heterocycles. The highest BCUT2D eigenvalue weighted by molar-refractivity contribution is 6.07. The fourth-order valence-corrected chi connectivity index (χ4v) is 2.88. The van der Waals surface area contributed by atoms with Crippen LogP contribution >= 0.6 is 0 Å². The van der Waals surface area contributed by atoms with Crippen LogP contribution in [0.1, 0.15) is 25.1 Å². The maximum atomic E-state index is 12.3. The molecule has 2 heterocycles. The molecular weight excluding hydrogens is 250 g/mol. The van der Waals surface area contributed by atoms with Gasteiger partial charge < -0.3 is 9.47 Å². The first kappa shape index (κ1) is 12.9. The minimum Gasteiger partial charge on any atom is -0.331 e. The lowest BCUT2D eigenvalue weighted by Crippen LogP contribution is -2.33. The van der Waals surface area contributed by atoms with E-state index in [9.17, 15) is 4.79 Å². The van der Waals surface area contributed by atoms with Crippen molar-refractivity contribution >= 4 is 11.6 Å². The molecule has 3 rings (SSSR count). The standard InChI is InChI=1S/C16H19N3O/c1-10-9-17-14(18(10)4)11-6-7-12-13(8-11)19(5)15(20)16(12,2)3/h6-9H,1-5H3. The van der Waals surface area contributed by atoms with Gasteiger partial charge in [-0.05, 0) is 32.4 Å². The summed E-state index contributed by atoms with van der Waals surface area (Å²) in [4.78, 5) is 18.5. The molecule has 0 N–H and O–H groups in total. The summed E-state index contributed by atoms with van der Waals surface area (Å²) >= 11 is 0. The maximum absolute atomic E-state index is 12.3. The van der Waals surface area contributed by atoms with Crippen LogP contribution in [0.5, 0.6) is 0 Å². The topological polar surface area (TPSA) is 38.1 Å². The highest BCUT2D eigenvalue weighted by Crippen LogP contribution is 2.42. The zero-order valence-electron chi connectivity index (χ0n) is 12.6. The van der Waals surface area contributed by atoms with Crippen LogP contribution in [0.3, 0.4) is 0 Å². The van der Waals surface area contributed by atoms with Crippen molar-refractivity contribution in [2.45, 2.75) is 26.2 Å². The summed E-state index contributed by atoms with van der Waals surface area (Å²) in [6.07, 6.45) is 1.86. The van der Waals surface area contributed by atoms with Gasteiger partial charge in [0.25, 0.3) is 0 Å². The third kappa shape index (κ3) is 1.54. The average molecular weight is 269 g/mol. The first-order chi connectivity index (χ1) is 9.34. The van der Waals surface area contributed by atoms with Crippen molar-refractivity contribution in [1.82, 2.24) is 9.55 Å². The normalized spacial score (nSPS) is 16.6. The van der Waals surface area contributed by atoms with Crippen LogP contribution in [0.2, 0.25) is 0 Å². The van der Waals surface area contributed by atoms with Gasteiger partial charge in [0.2, 0.25) is 5.91 Å². The first-order valence-electron chi connectivity index (χ1n) is 6.75.